The largest absolute Gasteiger partial charge is 0.444 e. The van der Waals surface area contributed by atoms with E-state index in [2.05, 4.69) is 19.2 Å². The first-order chi connectivity index (χ1) is 13.6. The quantitative estimate of drug-likeness (QED) is 0.792. The Bertz CT molecular complexity index is 670. The van der Waals surface area contributed by atoms with Crippen molar-refractivity contribution in [1.82, 2.24) is 15.1 Å². The minimum atomic E-state index is -0.523. The number of amides is 2. The first-order valence-corrected chi connectivity index (χ1v) is 10.6. The maximum atomic E-state index is 13.4. The summed E-state index contributed by atoms with van der Waals surface area (Å²) in [6.07, 6.45) is 1.21. The van der Waals surface area contributed by atoms with Gasteiger partial charge in [-0.3, -0.25) is 4.79 Å². The monoisotopic (exact) mass is 403 g/mol. The van der Waals surface area contributed by atoms with Crippen LogP contribution in [0.3, 0.4) is 0 Å². The summed E-state index contributed by atoms with van der Waals surface area (Å²) in [7, 11) is 1.83. The minimum absolute atomic E-state index is 0.00427. The Kier molecular flexibility index (Phi) is 8.08. The molecule has 2 atom stereocenters. The van der Waals surface area contributed by atoms with Gasteiger partial charge in [0.15, 0.2) is 0 Å². The van der Waals surface area contributed by atoms with E-state index < -0.39 is 5.60 Å². The number of likely N-dealkylation sites (N-methyl/N-ethyl adjacent to an activating group) is 1. The third-order valence-corrected chi connectivity index (χ3v) is 5.09. The van der Waals surface area contributed by atoms with Gasteiger partial charge in [-0.1, -0.05) is 44.2 Å². The van der Waals surface area contributed by atoms with Crippen molar-refractivity contribution in [2.24, 2.45) is 5.92 Å². The number of carbonyl (C=O) groups excluding carboxylic acids is 2. The highest BCUT2D eigenvalue weighted by Crippen LogP contribution is 2.21. The molecule has 1 heterocycles. The SMILES string of the molecule is CN[C@@H](Cc1ccccc1)C(=O)N1CCN(C(=O)OC(C)(C)C)CC1CC(C)C. The van der Waals surface area contributed by atoms with E-state index in [1.807, 2.05) is 63.1 Å². The maximum absolute atomic E-state index is 13.4. The van der Waals surface area contributed by atoms with E-state index in [0.29, 0.717) is 32.0 Å². The number of benzene rings is 1. The molecule has 0 radical (unpaired) electrons. The van der Waals surface area contributed by atoms with Crippen LogP contribution in [0.1, 0.15) is 46.6 Å². The van der Waals surface area contributed by atoms with Gasteiger partial charge in [0.2, 0.25) is 5.91 Å². The lowest BCUT2D eigenvalue weighted by Gasteiger charge is -2.43. The number of hydrogen-bond donors (Lipinski definition) is 1. The Morgan fingerprint density at radius 1 is 1.17 bits per heavy atom. The summed E-state index contributed by atoms with van der Waals surface area (Å²) in [5.74, 6) is 0.530. The molecular weight excluding hydrogens is 366 g/mol. The lowest BCUT2D eigenvalue weighted by Crippen LogP contribution is -2.60. The summed E-state index contributed by atoms with van der Waals surface area (Å²) in [6.45, 7) is 11.5. The molecule has 6 heteroatoms. The topological polar surface area (TPSA) is 61.9 Å². The van der Waals surface area contributed by atoms with Gasteiger partial charge in [-0.25, -0.2) is 4.79 Å². The molecular formula is C23H37N3O3. The molecule has 1 unspecified atom stereocenters. The smallest absolute Gasteiger partial charge is 0.410 e. The minimum Gasteiger partial charge on any atom is -0.444 e. The van der Waals surface area contributed by atoms with Crippen LogP contribution in [0.25, 0.3) is 0 Å². The normalized spacial score (nSPS) is 18.7. The molecule has 2 amide bonds. The summed E-state index contributed by atoms with van der Waals surface area (Å²) < 4.78 is 5.55. The highest BCUT2D eigenvalue weighted by molar-refractivity contribution is 5.83. The molecule has 0 bridgehead atoms. The zero-order valence-electron chi connectivity index (χ0n) is 18.8. The zero-order chi connectivity index (χ0) is 21.6. The van der Waals surface area contributed by atoms with Crippen LogP contribution in [0, 0.1) is 5.92 Å². The number of piperazine rings is 1. The van der Waals surface area contributed by atoms with Gasteiger partial charge < -0.3 is 19.9 Å². The van der Waals surface area contributed by atoms with Crippen LogP contribution < -0.4 is 5.32 Å². The van der Waals surface area contributed by atoms with Crippen molar-refractivity contribution in [2.75, 3.05) is 26.7 Å². The first kappa shape index (κ1) is 23.2. The average molecular weight is 404 g/mol. The van der Waals surface area contributed by atoms with Gasteiger partial charge in [0.25, 0.3) is 0 Å². The molecule has 29 heavy (non-hydrogen) atoms. The van der Waals surface area contributed by atoms with E-state index in [-0.39, 0.29) is 24.1 Å². The van der Waals surface area contributed by atoms with Crippen LogP contribution in [-0.2, 0) is 16.0 Å². The van der Waals surface area contributed by atoms with Crippen LogP contribution in [0.15, 0.2) is 30.3 Å². The first-order valence-electron chi connectivity index (χ1n) is 10.6. The van der Waals surface area contributed by atoms with Crippen LogP contribution in [-0.4, -0.2) is 66.2 Å². The van der Waals surface area contributed by atoms with Gasteiger partial charge in [0, 0.05) is 25.7 Å². The second kappa shape index (κ2) is 10.1. The van der Waals surface area contributed by atoms with Crippen molar-refractivity contribution >= 4 is 12.0 Å². The van der Waals surface area contributed by atoms with E-state index in [1.54, 1.807) is 4.90 Å². The summed E-state index contributed by atoms with van der Waals surface area (Å²) in [5, 5.41) is 3.19. The van der Waals surface area contributed by atoms with Gasteiger partial charge >= 0.3 is 6.09 Å². The maximum Gasteiger partial charge on any atom is 0.410 e. The number of nitrogens with zero attached hydrogens (tertiary/aromatic N) is 2. The molecule has 2 rings (SSSR count). The van der Waals surface area contributed by atoms with E-state index in [1.165, 1.54) is 0 Å². The standard InChI is InChI=1S/C23H37N3O3/c1-17(2)14-19-16-25(22(28)29-23(3,4)5)12-13-26(19)21(27)20(24-6)15-18-10-8-7-9-11-18/h7-11,17,19-20,24H,12-16H2,1-6H3/t19?,20-/m0/s1. The van der Waals surface area contributed by atoms with Crippen LogP contribution in [0.2, 0.25) is 0 Å². The summed E-state index contributed by atoms with van der Waals surface area (Å²) in [6, 6.07) is 9.78. The van der Waals surface area contributed by atoms with Crippen molar-refractivity contribution in [3.8, 4) is 0 Å². The number of ether oxygens (including phenoxy) is 1. The highest BCUT2D eigenvalue weighted by atomic mass is 16.6. The fraction of sp³-hybridized carbons (Fsp3) is 0.652. The number of nitrogens with one attached hydrogen (secondary N) is 1. The summed E-state index contributed by atoms with van der Waals surface area (Å²) >= 11 is 0. The average Bonchev–Trinajstić information content (AvgIpc) is 2.64. The molecule has 6 nitrogen and oxygen atoms in total. The molecule has 0 spiro atoms. The third-order valence-electron chi connectivity index (χ3n) is 5.09. The molecule has 0 aromatic heterocycles. The van der Waals surface area contributed by atoms with Gasteiger partial charge in [0.05, 0.1) is 6.04 Å². The Morgan fingerprint density at radius 3 is 2.38 bits per heavy atom. The van der Waals surface area contributed by atoms with Crippen LogP contribution in [0.4, 0.5) is 4.79 Å². The molecule has 162 valence electrons. The van der Waals surface area contributed by atoms with Gasteiger partial charge in [0.1, 0.15) is 5.60 Å². The molecule has 1 aromatic rings. The fourth-order valence-electron chi connectivity index (χ4n) is 3.75. The number of hydrogen-bond acceptors (Lipinski definition) is 4. The summed E-state index contributed by atoms with van der Waals surface area (Å²) in [5.41, 5.74) is 0.609. The van der Waals surface area contributed by atoms with Gasteiger partial charge in [-0.2, -0.15) is 0 Å². The number of carbonyl (C=O) groups is 2. The van der Waals surface area contributed by atoms with Gasteiger partial charge in [-0.15, -0.1) is 0 Å². The molecule has 1 aliphatic heterocycles. The molecule has 1 N–H and O–H groups in total. The number of rotatable bonds is 6. The molecule has 1 fully saturated rings. The Hall–Kier alpha value is -2.08. The van der Waals surface area contributed by atoms with E-state index >= 15 is 0 Å². The van der Waals surface area contributed by atoms with E-state index in [0.717, 1.165) is 12.0 Å². The molecule has 1 saturated heterocycles. The van der Waals surface area contributed by atoms with Crippen LogP contribution in [0.5, 0.6) is 0 Å². The summed E-state index contributed by atoms with van der Waals surface area (Å²) in [4.78, 5) is 29.6. The van der Waals surface area contributed by atoms with Crippen molar-refractivity contribution < 1.29 is 14.3 Å². The van der Waals surface area contributed by atoms with E-state index in [9.17, 15) is 9.59 Å². The highest BCUT2D eigenvalue weighted by Gasteiger charge is 2.36. The molecule has 1 aliphatic rings. The Balaban J connectivity index is 2.11. The van der Waals surface area contributed by atoms with Crippen molar-refractivity contribution in [3.63, 3.8) is 0 Å². The molecule has 1 aromatic carbocycles. The predicted molar refractivity (Wildman–Crippen MR) is 116 cm³/mol. The van der Waals surface area contributed by atoms with Crippen molar-refractivity contribution in [2.45, 2.75) is 65.1 Å². The van der Waals surface area contributed by atoms with Crippen LogP contribution >= 0.6 is 0 Å². The second-order valence-electron chi connectivity index (χ2n) is 9.27. The lowest BCUT2D eigenvalue weighted by molar-refractivity contribution is -0.138. The second-order valence-corrected chi connectivity index (χ2v) is 9.27. The Morgan fingerprint density at radius 2 is 1.83 bits per heavy atom. The molecule has 0 aliphatic carbocycles. The molecule has 0 saturated carbocycles. The van der Waals surface area contributed by atoms with Crippen molar-refractivity contribution in [1.29, 1.82) is 0 Å². The predicted octanol–water partition coefficient (Wildman–Crippen LogP) is 3.31. The van der Waals surface area contributed by atoms with Crippen molar-refractivity contribution in [3.05, 3.63) is 35.9 Å². The van der Waals surface area contributed by atoms with E-state index in [4.69, 9.17) is 4.74 Å². The lowest BCUT2D eigenvalue weighted by atomic mass is 9.98. The zero-order valence-corrected chi connectivity index (χ0v) is 18.8. The van der Waals surface area contributed by atoms with Gasteiger partial charge in [-0.05, 0) is 52.1 Å². The fourth-order valence-corrected chi connectivity index (χ4v) is 3.75. The third kappa shape index (κ3) is 7.03. The Labute approximate surface area is 175 Å².